The van der Waals surface area contributed by atoms with Gasteiger partial charge in [0.25, 0.3) is 0 Å². The molecule has 0 aliphatic carbocycles. The van der Waals surface area contributed by atoms with E-state index in [-0.39, 0.29) is 11.4 Å². The molecule has 0 amide bonds. The first-order valence-electron chi connectivity index (χ1n) is 9.65. The van der Waals surface area contributed by atoms with Gasteiger partial charge < -0.3 is 10.0 Å². The zero-order chi connectivity index (χ0) is 19.4. The normalized spacial score (nSPS) is 15.4. The summed E-state index contributed by atoms with van der Waals surface area (Å²) in [6, 6.07) is 5.36. The summed E-state index contributed by atoms with van der Waals surface area (Å²) in [6.45, 7) is 10.1. The van der Waals surface area contributed by atoms with E-state index >= 15 is 0 Å². The lowest BCUT2D eigenvalue weighted by Gasteiger charge is -2.36. The third-order valence-electron chi connectivity index (χ3n) is 5.14. The maximum Gasteiger partial charge on any atom is 0.345 e. The Morgan fingerprint density at radius 3 is 2.48 bits per heavy atom. The fourth-order valence-electron chi connectivity index (χ4n) is 3.58. The van der Waals surface area contributed by atoms with Crippen molar-refractivity contribution in [3.05, 3.63) is 39.5 Å². The van der Waals surface area contributed by atoms with Crippen molar-refractivity contribution in [1.82, 2.24) is 19.2 Å². The number of phenolic OH excluding ortho intramolecular Hbond substituents is 1. The number of hydrogen-bond acceptors (Lipinski definition) is 5. The van der Waals surface area contributed by atoms with Crippen molar-refractivity contribution in [1.29, 1.82) is 0 Å². The van der Waals surface area contributed by atoms with Crippen molar-refractivity contribution >= 4 is 17.3 Å². The van der Waals surface area contributed by atoms with Gasteiger partial charge in [0.1, 0.15) is 11.6 Å². The molecule has 7 nitrogen and oxygen atoms in total. The second-order valence-electron chi connectivity index (χ2n) is 6.84. The van der Waals surface area contributed by atoms with Crippen LogP contribution in [0.15, 0.2) is 23.0 Å². The molecular weight excluding hydrogens is 366 g/mol. The number of benzene rings is 1. The van der Waals surface area contributed by atoms with E-state index in [1.165, 1.54) is 0 Å². The molecule has 2 heterocycles. The third kappa shape index (κ3) is 4.47. The molecule has 1 aliphatic rings. The van der Waals surface area contributed by atoms with Gasteiger partial charge >= 0.3 is 5.69 Å². The number of aromatic hydroxyl groups is 1. The summed E-state index contributed by atoms with van der Waals surface area (Å²) < 4.78 is 3.36. The number of piperazine rings is 1. The van der Waals surface area contributed by atoms with E-state index in [1.807, 2.05) is 26.0 Å². The highest BCUT2D eigenvalue weighted by molar-refractivity contribution is 6.32. The Bertz CT molecular complexity index is 824. The predicted molar refractivity (Wildman–Crippen MR) is 108 cm³/mol. The Labute approximate surface area is 164 Å². The van der Waals surface area contributed by atoms with Crippen LogP contribution in [0.5, 0.6) is 5.75 Å². The first-order chi connectivity index (χ1) is 13.0. The van der Waals surface area contributed by atoms with Gasteiger partial charge in [0, 0.05) is 57.9 Å². The molecule has 148 valence electrons. The van der Waals surface area contributed by atoms with Gasteiger partial charge in [-0.15, -0.1) is 0 Å². The summed E-state index contributed by atoms with van der Waals surface area (Å²) in [5.74, 6) is 0.981. The largest absolute Gasteiger partial charge is 0.506 e. The summed E-state index contributed by atoms with van der Waals surface area (Å²) in [5, 5.41) is 14.4. The van der Waals surface area contributed by atoms with Gasteiger partial charge in [0.15, 0.2) is 0 Å². The van der Waals surface area contributed by atoms with Gasteiger partial charge in [-0.25, -0.2) is 9.48 Å². The van der Waals surface area contributed by atoms with E-state index in [4.69, 9.17) is 11.6 Å². The SMILES string of the molecule is CCc1nn(CCCN2CCN(c3ccc(O)c(Cl)c3)CC2)c(=O)n1CC. The number of anilines is 1. The molecule has 1 N–H and O–H groups in total. The Morgan fingerprint density at radius 1 is 1.15 bits per heavy atom. The summed E-state index contributed by atoms with van der Waals surface area (Å²) in [7, 11) is 0. The number of phenols is 1. The highest BCUT2D eigenvalue weighted by atomic mass is 35.5. The molecule has 1 aromatic carbocycles. The lowest BCUT2D eigenvalue weighted by Crippen LogP contribution is -2.46. The van der Waals surface area contributed by atoms with Crippen LogP contribution in [0.25, 0.3) is 0 Å². The van der Waals surface area contributed by atoms with Crippen molar-refractivity contribution in [2.75, 3.05) is 37.6 Å². The minimum absolute atomic E-state index is 0.00313. The topological polar surface area (TPSA) is 66.5 Å². The maximum absolute atomic E-state index is 12.3. The van der Waals surface area contributed by atoms with E-state index in [1.54, 1.807) is 15.3 Å². The monoisotopic (exact) mass is 393 g/mol. The van der Waals surface area contributed by atoms with E-state index in [0.717, 1.165) is 57.1 Å². The lowest BCUT2D eigenvalue weighted by atomic mass is 10.2. The van der Waals surface area contributed by atoms with Gasteiger partial charge in [-0.1, -0.05) is 18.5 Å². The van der Waals surface area contributed by atoms with Crippen LogP contribution in [0.3, 0.4) is 0 Å². The number of nitrogens with zero attached hydrogens (tertiary/aromatic N) is 5. The second-order valence-corrected chi connectivity index (χ2v) is 7.24. The van der Waals surface area contributed by atoms with Crippen molar-refractivity contribution in [2.45, 2.75) is 39.8 Å². The van der Waals surface area contributed by atoms with Crippen molar-refractivity contribution in [2.24, 2.45) is 0 Å². The van der Waals surface area contributed by atoms with E-state index in [0.29, 0.717) is 18.1 Å². The number of halogens is 1. The Hall–Kier alpha value is -1.99. The molecule has 0 atom stereocenters. The molecule has 1 saturated heterocycles. The molecule has 27 heavy (non-hydrogen) atoms. The first kappa shape index (κ1) is 19.8. The number of aromatic nitrogens is 3. The second kappa shape index (κ2) is 8.80. The first-order valence-corrected chi connectivity index (χ1v) is 10.0. The standard InChI is InChI=1S/C19H28ClN5O2/c1-3-18-21-25(19(27)24(18)4-2)9-5-8-22-10-12-23(13-11-22)15-6-7-17(26)16(20)14-15/h6-7,14,26H,3-5,8-13H2,1-2H3. The van der Waals surface area contributed by atoms with E-state index in [9.17, 15) is 9.90 Å². The average molecular weight is 394 g/mol. The van der Waals surface area contributed by atoms with Crippen LogP contribution in [0.2, 0.25) is 5.02 Å². The number of rotatable bonds is 7. The predicted octanol–water partition coefficient (Wildman–Crippen LogP) is 2.20. The molecule has 1 fully saturated rings. The molecular formula is C19H28ClN5O2. The van der Waals surface area contributed by atoms with Gasteiger partial charge in [-0.3, -0.25) is 9.47 Å². The van der Waals surface area contributed by atoms with Crippen LogP contribution in [0.1, 0.15) is 26.1 Å². The quantitative estimate of drug-likeness (QED) is 0.781. The molecule has 1 aromatic heterocycles. The Balaban J connectivity index is 1.48. The highest BCUT2D eigenvalue weighted by Gasteiger charge is 2.18. The van der Waals surface area contributed by atoms with Crippen LogP contribution in [-0.2, 0) is 19.5 Å². The molecule has 1 aliphatic heterocycles. The van der Waals surface area contributed by atoms with E-state index in [2.05, 4.69) is 14.9 Å². The third-order valence-corrected chi connectivity index (χ3v) is 5.45. The number of aryl methyl sites for hydroxylation is 2. The molecule has 3 rings (SSSR count). The molecule has 0 spiro atoms. The summed E-state index contributed by atoms with van der Waals surface area (Å²) in [6.07, 6.45) is 1.69. The van der Waals surface area contributed by atoms with Gasteiger partial charge in [-0.2, -0.15) is 5.10 Å². The average Bonchev–Trinajstić information content (AvgIpc) is 2.99. The molecule has 8 heteroatoms. The highest BCUT2D eigenvalue weighted by Crippen LogP contribution is 2.28. The molecule has 2 aromatic rings. The summed E-state index contributed by atoms with van der Waals surface area (Å²) in [5.41, 5.74) is 1.05. The molecule has 0 bridgehead atoms. The zero-order valence-corrected chi connectivity index (χ0v) is 16.8. The van der Waals surface area contributed by atoms with Crippen LogP contribution >= 0.6 is 11.6 Å². The van der Waals surface area contributed by atoms with Gasteiger partial charge in [0.05, 0.1) is 5.02 Å². The maximum atomic E-state index is 12.3. The van der Waals surface area contributed by atoms with Crippen LogP contribution in [0, 0.1) is 0 Å². The molecule has 0 unspecified atom stereocenters. The lowest BCUT2D eigenvalue weighted by molar-refractivity contribution is 0.248. The Kier molecular flexibility index (Phi) is 6.44. The van der Waals surface area contributed by atoms with E-state index < -0.39 is 0 Å². The minimum Gasteiger partial charge on any atom is -0.506 e. The van der Waals surface area contributed by atoms with Gasteiger partial charge in [-0.05, 0) is 31.5 Å². The van der Waals surface area contributed by atoms with Crippen LogP contribution in [0.4, 0.5) is 5.69 Å². The Morgan fingerprint density at radius 2 is 1.89 bits per heavy atom. The smallest absolute Gasteiger partial charge is 0.345 e. The van der Waals surface area contributed by atoms with Gasteiger partial charge in [0.2, 0.25) is 0 Å². The van der Waals surface area contributed by atoms with Crippen molar-refractivity contribution < 1.29 is 5.11 Å². The van der Waals surface area contributed by atoms with Crippen LogP contribution < -0.4 is 10.6 Å². The van der Waals surface area contributed by atoms with Crippen LogP contribution in [-0.4, -0.2) is 57.1 Å². The summed E-state index contributed by atoms with van der Waals surface area (Å²) >= 11 is 6.01. The molecule has 0 saturated carbocycles. The fraction of sp³-hybridized carbons (Fsp3) is 0.579. The van der Waals surface area contributed by atoms with Crippen molar-refractivity contribution in [3.63, 3.8) is 0 Å². The van der Waals surface area contributed by atoms with Crippen molar-refractivity contribution in [3.8, 4) is 5.75 Å². The minimum atomic E-state index is 0.00313. The zero-order valence-electron chi connectivity index (χ0n) is 16.1. The summed E-state index contributed by atoms with van der Waals surface area (Å²) in [4.78, 5) is 17.0. The fourth-order valence-corrected chi connectivity index (χ4v) is 3.75. The molecule has 0 radical (unpaired) electrons. The number of hydrogen-bond donors (Lipinski definition) is 1.